The van der Waals surface area contributed by atoms with Gasteiger partial charge in [0.1, 0.15) is 0 Å². The fourth-order valence-corrected chi connectivity index (χ4v) is 2.47. The normalized spacial score (nSPS) is 15.3. The molecule has 0 radical (unpaired) electrons. The molecule has 1 heterocycles. The molecule has 1 unspecified atom stereocenters. The first-order valence-corrected chi connectivity index (χ1v) is 6.89. The summed E-state index contributed by atoms with van der Waals surface area (Å²) in [5, 5.41) is 6.77. The highest BCUT2D eigenvalue weighted by molar-refractivity contribution is 5.80. The van der Waals surface area contributed by atoms with Crippen LogP contribution >= 0.6 is 0 Å². The zero-order chi connectivity index (χ0) is 13.8. The van der Waals surface area contributed by atoms with E-state index in [0.717, 1.165) is 19.5 Å². The first-order valence-electron chi connectivity index (χ1n) is 6.89. The van der Waals surface area contributed by atoms with Crippen LogP contribution in [-0.4, -0.2) is 37.5 Å². The number of hydrogen-bond donors (Lipinski definition) is 2. The summed E-state index contributed by atoms with van der Waals surface area (Å²) in [7, 11) is 3.57. The van der Waals surface area contributed by atoms with Crippen LogP contribution in [0.4, 0.5) is 5.69 Å². The van der Waals surface area contributed by atoms with E-state index >= 15 is 0 Å². The van der Waals surface area contributed by atoms with E-state index in [1.54, 1.807) is 19.0 Å². The number of fused-ring (bicyclic) bond motifs is 1. The number of benzene rings is 1. The van der Waals surface area contributed by atoms with Gasteiger partial charge in [0.05, 0.1) is 6.04 Å². The SMILES string of the molecule is CC(NCc1cccc2c1NCCC2)C(=O)N(C)C. The Morgan fingerprint density at radius 1 is 1.47 bits per heavy atom. The van der Waals surface area contributed by atoms with Crippen molar-refractivity contribution in [3.63, 3.8) is 0 Å². The number of carbonyl (C=O) groups excluding carboxylic acids is 1. The summed E-state index contributed by atoms with van der Waals surface area (Å²) in [5.41, 5.74) is 3.89. The summed E-state index contributed by atoms with van der Waals surface area (Å²) in [6.07, 6.45) is 2.34. The Labute approximate surface area is 115 Å². The molecule has 1 aliphatic rings. The quantitative estimate of drug-likeness (QED) is 0.865. The number of anilines is 1. The third-order valence-corrected chi connectivity index (χ3v) is 3.57. The largest absolute Gasteiger partial charge is 0.385 e. The lowest BCUT2D eigenvalue weighted by Gasteiger charge is -2.23. The minimum Gasteiger partial charge on any atom is -0.385 e. The van der Waals surface area contributed by atoms with Gasteiger partial charge in [0, 0.05) is 32.9 Å². The number of amides is 1. The van der Waals surface area contributed by atoms with Crippen molar-refractivity contribution >= 4 is 11.6 Å². The molecule has 19 heavy (non-hydrogen) atoms. The number of para-hydroxylation sites is 1. The van der Waals surface area contributed by atoms with Gasteiger partial charge in [-0.1, -0.05) is 18.2 Å². The van der Waals surface area contributed by atoms with Crippen molar-refractivity contribution in [1.29, 1.82) is 0 Å². The number of aryl methyl sites for hydroxylation is 1. The van der Waals surface area contributed by atoms with Crippen LogP contribution in [-0.2, 0) is 17.8 Å². The van der Waals surface area contributed by atoms with E-state index < -0.39 is 0 Å². The van der Waals surface area contributed by atoms with Gasteiger partial charge < -0.3 is 15.5 Å². The topological polar surface area (TPSA) is 44.4 Å². The molecule has 104 valence electrons. The molecule has 1 aliphatic heterocycles. The van der Waals surface area contributed by atoms with Crippen molar-refractivity contribution in [3.8, 4) is 0 Å². The van der Waals surface area contributed by atoms with Crippen LogP contribution in [0, 0.1) is 0 Å². The van der Waals surface area contributed by atoms with Crippen molar-refractivity contribution in [2.24, 2.45) is 0 Å². The average Bonchev–Trinajstić information content (AvgIpc) is 2.43. The molecular weight excluding hydrogens is 238 g/mol. The molecule has 1 aromatic rings. The summed E-state index contributed by atoms with van der Waals surface area (Å²) in [4.78, 5) is 13.4. The molecular formula is C15H23N3O. The van der Waals surface area contributed by atoms with Gasteiger partial charge in [-0.15, -0.1) is 0 Å². The Hall–Kier alpha value is -1.55. The highest BCUT2D eigenvalue weighted by Crippen LogP contribution is 2.25. The van der Waals surface area contributed by atoms with Crippen molar-refractivity contribution < 1.29 is 4.79 Å². The number of nitrogens with one attached hydrogen (secondary N) is 2. The second kappa shape index (κ2) is 6.06. The summed E-state index contributed by atoms with van der Waals surface area (Å²) in [6.45, 7) is 3.66. The maximum Gasteiger partial charge on any atom is 0.238 e. The zero-order valence-electron chi connectivity index (χ0n) is 12.0. The van der Waals surface area contributed by atoms with Crippen molar-refractivity contribution in [3.05, 3.63) is 29.3 Å². The Morgan fingerprint density at radius 3 is 3.00 bits per heavy atom. The maximum atomic E-state index is 11.8. The molecule has 1 amide bonds. The summed E-state index contributed by atoms with van der Waals surface area (Å²) >= 11 is 0. The molecule has 0 aliphatic carbocycles. The minimum absolute atomic E-state index is 0.109. The van der Waals surface area contributed by atoms with E-state index in [9.17, 15) is 4.79 Å². The second-order valence-electron chi connectivity index (χ2n) is 5.32. The Bertz CT molecular complexity index is 457. The maximum absolute atomic E-state index is 11.8. The predicted octanol–water partition coefficient (Wildman–Crippen LogP) is 1.61. The van der Waals surface area contributed by atoms with Gasteiger partial charge in [0.15, 0.2) is 0 Å². The number of carbonyl (C=O) groups is 1. The molecule has 1 aromatic carbocycles. The fraction of sp³-hybridized carbons (Fsp3) is 0.533. The minimum atomic E-state index is -0.158. The standard InChI is InChI=1S/C15H23N3O/c1-11(15(19)18(2)3)17-10-13-7-4-6-12-8-5-9-16-14(12)13/h4,6-7,11,16-17H,5,8-10H2,1-3H3. The third kappa shape index (κ3) is 3.26. The zero-order valence-corrected chi connectivity index (χ0v) is 12.0. The number of hydrogen-bond acceptors (Lipinski definition) is 3. The van der Waals surface area contributed by atoms with Gasteiger partial charge in [0.25, 0.3) is 0 Å². The van der Waals surface area contributed by atoms with Gasteiger partial charge in [-0.2, -0.15) is 0 Å². The van der Waals surface area contributed by atoms with Gasteiger partial charge in [-0.05, 0) is 30.9 Å². The number of likely N-dealkylation sites (N-methyl/N-ethyl adjacent to an activating group) is 1. The van der Waals surface area contributed by atoms with Crippen LogP contribution in [0.15, 0.2) is 18.2 Å². The Kier molecular flexibility index (Phi) is 4.43. The van der Waals surface area contributed by atoms with E-state index in [1.807, 2.05) is 6.92 Å². The van der Waals surface area contributed by atoms with Crippen LogP contribution in [0.5, 0.6) is 0 Å². The van der Waals surface area contributed by atoms with Crippen molar-refractivity contribution in [1.82, 2.24) is 10.2 Å². The number of rotatable bonds is 4. The molecule has 0 spiro atoms. The van der Waals surface area contributed by atoms with Crippen LogP contribution in [0.2, 0.25) is 0 Å². The summed E-state index contributed by atoms with van der Waals surface area (Å²) in [6, 6.07) is 6.24. The molecule has 2 N–H and O–H groups in total. The Morgan fingerprint density at radius 2 is 2.26 bits per heavy atom. The molecule has 0 saturated heterocycles. The van der Waals surface area contributed by atoms with Gasteiger partial charge in [0.2, 0.25) is 5.91 Å². The average molecular weight is 261 g/mol. The fourth-order valence-electron chi connectivity index (χ4n) is 2.47. The first kappa shape index (κ1) is 13.9. The molecule has 0 fully saturated rings. The highest BCUT2D eigenvalue weighted by atomic mass is 16.2. The van der Waals surface area contributed by atoms with E-state index in [-0.39, 0.29) is 11.9 Å². The van der Waals surface area contributed by atoms with Gasteiger partial charge >= 0.3 is 0 Å². The Balaban J connectivity index is 2.02. The lowest BCUT2D eigenvalue weighted by atomic mass is 9.99. The van der Waals surface area contributed by atoms with Crippen molar-refractivity contribution in [2.45, 2.75) is 32.4 Å². The molecule has 4 nitrogen and oxygen atoms in total. The van der Waals surface area contributed by atoms with Crippen LogP contribution in [0.25, 0.3) is 0 Å². The smallest absolute Gasteiger partial charge is 0.238 e. The molecule has 0 aromatic heterocycles. The van der Waals surface area contributed by atoms with E-state index in [2.05, 4.69) is 28.8 Å². The van der Waals surface area contributed by atoms with Crippen LogP contribution in [0.1, 0.15) is 24.5 Å². The van der Waals surface area contributed by atoms with Crippen LogP contribution in [0.3, 0.4) is 0 Å². The second-order valence-corrected chi connectivity index (χ2v) is 5.32. The lowest BCUT2D eigenvalue weighted by molar-refractivity contribution is -0.130. The number of nitrogens with zero attached hydrogens (tertiary/aromatic N) is 1. The highest BCUT2D eigenvalue weighted by Gasteiger charge is 2.16. The lowest BCUT2D eigenvalue weighted by Crippen LogP contribution is -2.41. The summed E-state index contributed by atoms with van der Waals surface area (Å²) < 4.78 is 0. The van der Waals surface area contributed by atoms with E-state index in [0.29, 0.717) is 0 Å². The molecule has 4 heteroatoms. The summed E-state index contributed by atoms with van der Waals surface area (Å²) in [5.74, 6) is 0.109. The van der Waals surface area contributed by atoms with E-state index in [1.165, 1.54) is 23.2 Å². The molecule has 0 saturated carbocycles. The van der Waals surface area contributed by atoms with Gasteiger partial charge in [-0.3, -0.25) is 4.79 Å². The monoisotopic (exact) mass is 261 g/mol. The molecule has 1 atom stereocenters. The van der Waals surface area contributed by atoms with Crippen molar-refractivity contribution in [2.75, 3.05) is 26.0 Å². The third-order valence-electron chi connectivity index (χ3n) is 3.57. The van der Waals surface area contributed by atoms with Crippen LogP contribution < -0.4 is 10.6 Å². The predicted molar refractivity (Wildman–Crippen MR) is 78.2 cm³/mol. The van der Waals surface area contributed by atoms with E-state index in [4.69, 9.17) is 0 Å². The molecule has 2 rings (SSSR count). The first-order chi connectivity index (χ1) is 9.09. The molecule has 0 bridgehead atoms. The van der Waals surface area contributed by atoms with Gasteiger partial charge in [-0.25, -0.2) is 0 Å².